The van der Waals surface area contributed by atoms with Gasteiger partial charge in [-0.15, -0.1) is 0 Å². The van der Waals surface area contributed by atoms with Gasteiger partial charge in [0.25, 0.3) is 0 Å². The first kappa shape index (κ1) is 17.9. The van der Waals surface area contributed by atoms with Crippen LogP contribution in [-0.4, -0.2) is 29.8 Å². The fraction of sp³-hybridized carbons (Fsp3) is 0.632. The van der Waals surface area contributed by atoms with Crippen molar-refractivity contribution in [3.8, 4) is 0 Å². The van der Waals surface area contributed by atoms with Crippen molar-refractivity contribution in [3.63, 3.8) is 0 Å². The molecule has 0 saturated heterocycles. The minimum absolute atomic E-state index is 0.259. The molecule has 0 bridgehead atoms. The van der Waals surface area contributed by atoms with Crippen molar-refractivity contribution < 1.29 is 4.79 Å². The first-order valence-corrected chi connectivity index (χ1v) is 8.31. The summed E-state index contributed by atoms with van der Waals surface area (Å²) in [7, 11) is 0. The molecular weight excluding hydrogens is 258 g/mol. The van der Waals surface area contributed by atoms with Gasteiger partial charge in [0.2, 0.25) is 0 Å². The van der Waals surface area contributed by atoms with Crippen LogP contribution in [0.1, 0.15) is 62.9 Å². The quantitative estimate of drug-likeness (QED) is 0.613. The third-order valence-electron chi connectivity index (χ3n) is 4.06. The normalized spacial score (nSPS) is 11.6. The van der Waals surface area contributed by atoms with E-state index >= 15 is 0 Å². The molecular formula is C19H31NO. The summed E-state index contributed by atoms with van der Waals surface area (Å²) in [6.07, 6.45) is 2.93. The van der Waals surface area contributed by atoms with Crippen molar-refractivity contribution in [3.05, 3.63) is 35.4 Å². The van der Waals surface area contributed by atoms with E-state index in [0.717, 1.165) is 31.5 Å². The van der Waals surface area contributed by atoms with Crippen molar-refractivity contribution in [2.45, 2.75) is 59.9 Å². The molecule has 118 valence electrons. The number of aryl methyl sites for hydroxylation is 1. The van der Waals surface area contributed by atoms with Gasteiger partial charge < -0.3 is 0 Å². The van der Waals surface area contributed by atoms with E-state index in [1.165, 1.54) is 5.56 Å². The zero-order chi connectivity index (χ0) is 15.8. The Hall–Kier alpha value is -1.15. The molecule has 0 fully saturated rings. The average Bonchev–Trinajstić information content (AvgIpc) is 2.45. The lowest BCUT2D eigenvalue weighted by molar-refractivity contribution is 0.0937. The third-order valence-corrected chi connectivity index (χ3v) is 4.06. The lowest BCUT2D eigenvalue weighted by Gasteiger charge is -2.31. The summed E-state index contributed by atoms with van der Waals surface area (Å²) in [4.78, 5) is 14.8. The van der Waals surface area contributed by atoms with Gasteiger partial charge in [-0.3, -0.25) is 9.69 Å². The second-order valence-electron chi connectivity index (χ2n) is 6.40. The summed E-state index contributed by atoms with van der Waals surface area (Å²) in [6, 6.07) is 8.52. The van der Waals surface area contributed by atoms with Crippen molar-refractivity contribution in [1.29, 1.82) is 0 Å². The van der Waals surface area contributed by atoms with Gasteiger partial charge in [0.05, 0.1) is 0 Å². The maximum absolute atomic E-state index is 12.3. The number of Topliss-reactive ketones (excluding diaryl/α,β-unsaturated/α-hetero) is 1. The second kappa shape index (κ2) is 8.99. The van der Waals surface area contributed by atoms with Crippen LogP contribution >= 0.6 is 0 Å². The van der Waals surface area contributed by atoms with Crippen molar-refractivity contribution >= 4 is 5.78 Å². The molecule has 2 nitrogen and oxygen atoms in total. The predicted molar refractivity (Wildman–Crippen MR) is 90.9 cm³/mol. The highest BCUT2D eigenvalue weighted by Gasteiger charge is 2.17. The van der Waals surface area contributed by atoms with E-state index < -0.39 is 0 Å². The molecule has 0 unspecified atom stereocenters. The van der Waals surface area contributed by atoms with Gasteiger partial charge in [0, 0.05) is 31.1 Å². The maximum Gasteiger partial charge on any atom is 0.164 e. The van der Waals surface area contributed by atoms with Crippen LogP contribution in [-0.2, 0) is 0 Å². The van der Waals surface area contributed by atoms with Gasteiger partial charge in [0.15, 0.2) is 5.78 Å². The standard InChI is InChI=1S/C19H31NO/c1-6-18(7-2)20(14-15(3)4)13-12-19(21)17-10-8-16(5)9-11-17/h8-11,15,18H,6-7,12-14H2,1-5H3. The Bertz CT molecular complexity index is 418. The summed E-state index contributed by atoms with van der Waals surface area (Å²) in [5.41, 5.74) is 2.04. The zero-order valence-electron chi connectivity index (χ0n) is 14.4. The smallest absolute Gasteiger partial charge is 0.164 e. The lowest BCUT2D eigenvalue weighted by Crippen LogP contribution is -2.38. The number of ketones is 1. The Morgan fingerprint density at radius 2 is 1.67 bits per heavy atom. The molecule has 0 aliphatic heterocycles. The van der Waals surface area contributed by atoms with E-state index in [1.54, 1.807) is 0 Å². The van der Waals surface area contributed by atoms with Crippen LogP contribution in [0.5, 0.6) is 0 Å². The molecule has 1 aromatic rings. The number of hydrogen-bond donors (Lipinski definition) is 0. The molecule has 2 heteroatoms. The summed E-state index contributed by atoms with van der Waals surface area (Å²) < 4.78 is 0. The Balaban J connectivity index is 2.62. The SMILES string of the molecule is CCC(CC)N(CCC(=O)c1ccc(C)cc1)CC(C)C. The summed E-state index contributed by atoms with van der Waals surface area (Å²) in [5, 5.41) is 0. The summed E-state index contributed by atoms with van der Waals surface area (Å²) in [6.45, 7) is 13.0. The van der Waals surface area contributed by atoms with Gasteiger partial charge in [-0.05, 0) is 25.7 Å². The van der Waals surface area contributed by atoms with E-state index in [0.29, 0.717) is 18.4 Å². The number of carbonyl (C=O) groups is 1. The van der Waals surface area contributed by atoms with E-state index in [1.807, 2.05) is 31.2 Å². The molecule has 1 aromatic carbocycles. The first-order valence-electron chi connectivity index (χ1n) is 8.31. The molecule has 21 heavy (non-hydrogen) atoms. The third kappa shape index (κ3) is 6.01. The van der Waals surface area contributed by atoms with Crippen LogP contribution in [0, 0.1) is 12.8 Å². The first-order chi connectivity index (χ1) is 9.97. The van der Waals surface area contributed by atoms with Gasteiger partial charge in [-0.25, -0.2) is 0 Å². The van der Waals surface area contributed by atoms with Gasteiger partial charge >= 0.3 is 0 Å². The predicted octanol–water partition coefficient (Wildman–Crippen LogP) is 4.71. The number of nitrogens with zero attached hydrogens (tertiary/aromatic N) is 1. The van der Waals surface area contributed by atoms with Crippen LogP contribution in [0.2, 0.25) is 0 Å². The Morgan fingerprint density at radius 1 is 1.10 bits per heavy atom. The van der Waals surface area contributed by atoms with Crippen LogP contribution in [0.3, 0.4) is 0 Å². The van der Waals surface area contributed by atoms with Crippen molar-refractivity contribution in [2.24, 2.45) is 5.92 Å². The van der Waals surface area contributed by atoms with Crippen LogP contribution in [0.25, 0.3) is 0 Å². The molecule has 0 atom stereocenters. The number of rotatable bonds is 9. The highest BCUT2D eigenvalue weighted by molar-refractivity contribution is 5.96. The number of carbonyl (C=O) groups excluding carboxylic acids is 1. The second-order valence-corrected chi connectivity index (χ2v) is 6.40. The fourth-order valence-electron chi connectivity index (χ4n) is 2.83. The highest BCUT2D eigenvalue weighted by atomic mass is 16.1. The van der Waals surface area contributed by atoms with E-state index in [2.05, 4.69) is 32.6 Å². The maximum atomic E-state index is 12.3. The monoisotopic (exact) mass is 289 g/mol. The van der Waals surface area contributed by atoms with Crippen LogP contribution < -0.4 is 0 Å². The van der Waals surface area contributed by atoms with E-state index in [9.17, 15) is 4.79 Å². The molecule has 0 saturated carbocycles. The van der Waals surface area contributed by atoms with Gasteiger partial charge in [0.1, 0.15) is 0 Å². The van der Waals surface area contributed by atoms with Crippen LogP contribution in [0.15, 0.2) is 24.3 Å². The molecule has 0 aromatic heterocycles. The lowest BCUT2D eigenvalue weighted by atomic mass is 10.0. The minimum Gasteiger partial charge on any atom is -0.300 e. The van der Waals surface area contributed by atoms with Gasteiger partial charge in [-0.2, -0.15) is 0 Å². The van der Waals surface area contributed by atoms with Gasteiger partial charge in [-0.1, -0.05) is 57.5 Å². The largest absolute Gasteiger partial charge is 0.300 e. The summed E-state index contributed by atoms with van der Waals surface area (Å²) >= 11 is 0. The van der Waals surface area contributed by atoms with Crippen LogP contribution in [0.4, 0.5) is 0 Å². The fourth-order valence-corrected chi connectivity index (χ4v) is 2.83. The highest BCUT2D eigenvalue weighted by Crippen LogP contribution is 2.14. The van der Waals surface area contributed by atoms with E-state index in [-0.39, 0.29) is 5.78 Å². The number of benzene rings is 1. The molecule has 0 radical (unpaired) electrons. The minimum atomic E-state index is 0.259. The zero-order valence-corrected chi connectivity index (χ0v) is 14.4. The molecule has 0 aliphatic carbocycles. The van der Waals surface area contributed by atoms with Crippen molar-refractivity contribution in [2.75, 3.05) is 13.1 Å². The molecule has 0 aliphatic rings. The molecule has 1 rings (SSSR count). The molecule has 0 N–H and O–H groups in total. The number of hydrogen-bond acceptors (Lipinski definition) is 2. The average molecular weight is 289 g/mol. The molecule has 0 amide bonds. The Labute approximate surface area is 130 Å². The summed E-state index contributed by atoms with van der Waals surface area (Å²) in [5.74, 6) is 0.898. The Morgan fingerprint density at radius 3 is 2.14 bits per heavy atom. The Kier molecular flexibility index (Phi) is 7.66. The topological polar surface area (TPSA) is 20.3 Å². The molecule has 0 spiro atoms. The van der Waals surface area contributed by atoms with Crippen molar-refractivity contribution in [1.82, 2.24) is 4.90 Å². The van der Waals surface area contributed by atoms with E-state index in [4.69, 9.17) is 0 Å². The molecule has 0 heterocycles.